The van der Waals surface area contributed by atoms with Gasteiger partial charge in [-0.3, -0.25) is 4.98 Å². The van der Waals surface area contributed by atoms with Crippen LogP contribution in [-0.4, -0.2) is 49.2 Å². The Morgan fingerprint density at radius 2 is 2.00 bits per heavy atom. The van der Waals surface area contributed by atoms with Gasteiger partial charge in [0.1, 0.15) is 5.82 Å². The van der Waals surface area contributed by atoms with Crippen molar-refractivity contribution in [3.8, 4) is 0 Å². The van der Waals surface area contributed by atoms with Crippen LogP contribution in [-0.2, 0) is 10.2 Å². The number of pyridine rings is 1. The number of hydrogen-bond donors (Lipinski definition) is 1. The summed E-state index contributed by atoms with van der Waals surface area (Å²) in [6.45, 7) is 2.79. The Balaban J connectivity index is 1.80. The molecule has 0 unspecified atom stereocenters. The van der Waals surface area contributed by atoms with Gasteiger partial charge in [0.15, 0.2) is 0 Å². The van der Waals surface area contributed by atoms with Crippen molar-refractivity contribution in [1.82, 2.24) is 13.6 Å². The highest BCUT2D eigenvalue weighted by molar-refractivity contribution is 7.86. The van der Waals surface area contributed by atoms with E-state index in [0.29, 0.717) is 18.8 Å². The molecule has 0 spiro atoms. The Hall–Kier alpha value is -2.03. The molecule has 1 N–H and O–H groups in total. The molecular formula is C18H23FN4O2S. The van der Waals surface area contributed by atoms with E-state index in [-0.39, 0.29) is 11.7 Å². The minimum Gasteiger partial charge on any atom is -0.355 e. The second kappa shape index (κ2) is 7.30. The Kier molecular flexibility index (Phi) is 5.27. The number of anilines is 2. The van der Waals surface area contributed by atoms with Crippen molar-refractivity contribution in [3.63, 3.8) is 0 Å². The molecule has 8 heteroatoms. The predicted octanol–water partition coefficient (Wildman–Crippen LogP) is 2.87. The van der Waals surface area contributed by atoms with Crippen molar-refractivity contribution < 1.29 is 12.8 Å². The number of aromatic nitrogens is 1. The van der Waals surface area contributed by atoms with Gasteiger partial charge in [-0.2, -0.15) is 17.0 Å². The third-order valence-corrected chi connectivity index (χ3v) is 6.35. The molecule has 1 saturated heterocycles. The van der Waals surface area contributed by atoms with Gasteiger partial charge in [0.2, 0.25) is 0 Å². The summed E-state index contributed by atoms with van der Waals surface area (Å²) in [5, 5.41) is 3.19. The molecule has 1 atom stereocenters. The van der Waals surface area contributed by atoms with Crippen LogP contribution in [0.25, 0.3) is 0 Å². The van der Waals surface area contributed by atoms with Crippen LogP contribution in [0.5, 0.6) is 0 Å². The summed E-state index contributed by atoms with van der Waals surface area (Å²) < 4.78 is 40.7. The number of aryl methyl sites for hydroxylation is 1. The molecule has 1 aromatic carbocycles. The standard InChI is InChI=1S/C18H23FN4O2S/c1-13-9-17(21-16-6-4-5-15(19)10-16)11-18(20-13)14-7-8-23(12-14)26(24,25)22(2)3/h4-6,9-11,14H,7-8,12H2,1-3H3,(H,20,21)/t14-/m1/s1. The third-order valence-electron chi connectivity index (χ3n) is 4.44. The van der Waals surface area contributed by atoms with Crippen LogP contribution in [0.15, 0.2) is 36.4 Å². The Morgan fingerprint density at radius 1 is 1.23 bits per heavy atom. The van der Waals surface area contributed by atoms with E-state index >= 15 is 0 Å². The quantitative estimate of drug-likeness (QED) is 0.869. The lowest BCUT2D eigenvalue weighted by molar-refractivity contribution is 0.418. The zero-order valence-electron chi connectivity index (χ0n) is 15.1. The fourth-order valence-electron chi connectivity index (χ4n) is 3.12. The van der Waals surface area contributed by atoms with Gasteiger partial charge in [-0.15, -0.1) is 0 Å². The average molecular weight is 378 g/mol. The molecule has 1 aromatic heterocycles. The van der Waals surface area contributed by atoms with Gasteiger partial charge in [0, 0.05) is 55.9 Å². The van der Waals surface area contributed by atoms with Crippen LogP contribution in [0.4, 0.5) is 15.8 Å². The maximum absolute atomic E-state index is 13.4. The minimum atomic E-state index is -3.41. The van der Waals surface area contributed by atoms with Crippen LogP contribution in [0.2, 0.25) is 0 Å². The van der Waals surface area contributed by atoms with Crippen LogP contribution in [0.3, 0.4) is 0 Å². The molecule has 0 aliphatic carbocycles. The molecule has 0 bridgehead atoms. The summed E-state index contributed by atoms with van der Waals surface area (Å²) in [7, 11) is -0.337. The van der Waals surface area contributed by atoms with E-state index in [9.17, 15) is 12.8 Å². The second-order valence-corrected chi connectivity index (χ2v) is 8.83. The van der Waals surface area contributed by atoms with Crippen molar-refractivity contribution in [2.75, 3.05) is 32.5 Å². The lowest BCUT2D eigenvalue weighted by Gasteiger charge is -2.21. The van der Waals surface area contributed by atoms with E-state index in [4.69, 9.17) is 0 Å². The van der Waals surface area contributed by atoms with Crippen molar-refractivity contribution in [2.24, 2.45) is 0 Å². The number of nitrogens with zero attached hydrogens (tertiary/aromatic N) is 3. The summed E-state index contributed by atoms with van der Waals surface area (Å²) in [6, 6.07) is 10.1. The van der Waals surface area contributed by atoms with Crippen molar-refractivity contribution in [3.05, 3.63) is 53.6 Å². The van der Waals surface area contributed by atoms with Crippen LogP contribution >= 0.6 is 0 Å². The highest BCUT2D eigenvalue weighted by atomic mass is 32.2. The minimum absolute atomic E-state index is 0.0395. The smallest absolute Gasteiger partial charge is 0.281 e. The first-order valence-electron chi connectivity index (χ1n) is 8.44. The monoisotopic (exact) mass is 378 g/mol. The molecule has 3 rings (SSSR count). The first-order valence-corrected chi connectivity index (χ1v) is 9.84. The molecule has 0 saturated carbocycles. The fraction of sp³-hybridized carbons (Fsp3) is 0.389. The first kappa shape index (κ1) is 18.8. The second-order valence-electron chi connectivity index (χ2n) is 6.69. The van der Waals surface area contributed by atoms with E-state index in [1.807, 2.05) is 19.1 Å². The molecule has 1 aliphatic rings. The molecule has 2 heterocycles. The van der Waals surface area contributed by atoms with E-state index in [0.717, 1.165) is 23.5 Å². The molecule has 6 nitrogen and oxygen atoms in total. The average Bonchev–Trinajstić information content (AvgIpc) is 3.05. The van der Waals surface area contributed by atoms with Gasteiger partial charge < -0.3 is 5.32 Å². The predicted molar refractivity (Wildman–Crippen MR) is 100 cm³/mol. The SMILES string of the molecule is Cc1cc(Nc2cccc(F)c2)cc([C@@H]2CCN(S(=O)(=O)N(C)C)C2)n1. The largest absolute Gasteiger partial charge is 0.355 e. The lowest BCUT2D eigenvalue weighted by Crippen LogP contribution is -2.38. The molecule has 2 aromatic rings. The Morgan fingerprint density at radius 3 is 2.69 bits per heavy atom. The third kappa shape index (κ3) is 4.03. The summed E-state index contributed by atoms with van der Waals surface area (Å²) in [4.78, 5) is 4.59. The van der Waals surface area contributed by atoms with E-state index < -0.39 is 10.2 Å². The molecule has 0 amide bonds. The first-order chi connectivity index (χ1) is 12.3. The van der Waals surface area contributed by atoms with Gasteiger partial charge in [-0.25, -0.2) is 4.39 Å². The normalized spacial score (nSPS) is 18.4. The van der Waals surface area contributed by atoms with Crippen molar-refractivity contribution in [1.29, 1.82) is 0 Å². The highest BCUT2D eigenvalue weighted by Gasteiger charge is 2.34. The number of hydrogen-bond acceptors (Lipinski definition) is 4. The molecule has 26 heavy (non-hydrogen) atoms. The zero-order chi connectivity index (χ0) is 18.9. The molecule has 1 fully saturated rings. The number of rotatable bonds is 5. The molecule has 1 aliphatic heterocycles. The Labute approximate surface area is 153 Å². The summed E-state index contributed by atoms with van der Waals surface area (Å²) in [5.74, 6) is -0.265. The van der Waals surface area contributed by atoms with Gasteiger partial charge in [-0.05, 0) is 43.7 Å². The highest BCUT2D eigenvalue weighted by Crippen LogP contribution is 2.30. The van der Waals surface area contributed by atoms with Gasteiger partial charge >= 0.3 is 0 Å². The van der Waals surface area contributed by atoms with Crippen LogP contribution in [0, 0.1) is 12.7 Å². The van der Waals surface area contributed by atoms with Crippen LogP contribution in [0.1, 0.15) is 23.7 Å². The Bertz CT molecular complexity index is 902. The summed E-state index contributed by atoms with van der Waals surface area (Å²) >= 11 is 0. The summed E-state index contributed by atoms with van der Waals surface area (Å²) in [5.41, 5.74) is 3.15. The van der Waals surface area contributed by atoms with Gasteiger partial charge in [-0.1, -0.05) is 6.07 Å². The fourth-order valence-corrected chi connectivity index (χ4v) is 4.28. The number of halogens is 1. The number of benzene rings is 1. The van der Waals surface area contributed by atoms with E-state index in [1.165, 1.54) is 34.8 Å². The van der Waals surface area contributed by atoms with Gasteiger partial charge in [0.05, 0.1) is 0 Å². The lowest BCUT2D eigenvalue weighted by atomic mass is 10.0. The van der Waals surface area contributed by atoms with Crippen molar-refractivity contribution in [2.45, 2.75) is 19.3 Å². The van der Waals surface area contributed by atoms with Gasteiger partial charge in [0.25, 0.3) is 10.2 Å². The zero-order valence-corrected chi connectivity index (χ0v) is 15.9. The molecule has 140 valence electrons. The topological polar surface area (TPSA) is 65.5 Å². The van der Waals surface area contributed by atoms with E-state index in [1.54, 1.807) is 12.1 Å². The maximum atomic E-state index is 13.4. The number of nitrogens with one attached hydrogen (secondary N) is 1. The maximum Gasteiger partial charge on any atom is 0.281 e. The van der Waals surface area contributed by atoms with Crippen LogP contribution < -0.4 is 5.32 Å². The summed E-state index contributed by atoms with van der Waals surface area (Å²) in [6.07, 6.45) is 0.725. The molecule has 0 radical (unpaired) electrons. The molecular weight excluding hydrogens is 355 g/mol. The van der Waals surface area contributed by atoms with E-state index in [2.05, 4.69) is 10.3 Å². The van der Waals surface area contributed by atoms with Crippen molar-refractivity contribution >= 4 is 21.6 Å².